The molecule has 4 N–H and O–H groups in total. The van der Waals surface area contributed by atoms with E-state index in [0.29, 0.717) is 40.5 Å². The Bertz CT molecular complexity index is 1640. The highest BCUT2D eigenvalue weighted by Gasteiger charge is 2.31. The molecule has 0 aliphatic heterocycles. The number of pyridine rings is 2. The number of benzene rings is 2. The quantitative estimate of drug-likeness (QED) is 0.244. The van der Waals surface area contributed by atoms with Gasteiger partial charge in [-0.1, -0.05) is 0 Å². The highest BCUT2D eigenvalue weighted by Crippen LogP contribution is 2.32. The molecule has 0 aliphatic carbocycles. The summed E-state index contributed by atoms with van der Waals surface area (Å²) >= 11 is 0. The Kier molecular flexibility index (Phi) is 7.54. The van der Waals surface area contributed by atoms with E-state index in [1.807, 2.05) is 5.32 Å². The van der Waals surface area contributed by atoms with Gasteiger partial charge in [-0.3, -0.25) is 4.79 Å². The molecule has 0 saturated heterocycles. The molecule has 0 unspecified atom stereocenters. The van der Waals surface area contributed by atoms with E-state index in [1.165, 1.54) is 16.8 Å². The van der Waals surface area contributed by atoms with E-state index < -0.39 is 46.3 Å². The van der Waals surface area contributed by atoms with Crippen molar-refractivity contribution in [2.75, 3.05) is 29.6 Å². The average molecular weight is 547 g/mol. The molecule has 0 fully saturated rings. The SMILES string of the molecule is CNc1cc2c(cn1)cc(-c1cc(NC(=O)Nc3cc(C(F)(F)F)ccc3F)c(F)cc1C)c(=O)n2CCO. The van der Waals surface area contributed by atoms with Crippen LogP contribution in [0, 0.1) is 18.6 Å². The molecule has 4 rings (SSSR count). The van der Waals surface area contributed by atoms with Crippen molar-refractivity contribution < 1.29 is 31.9 Å². The van der Waals surface area contributed by atoms with Gasteiger partial charge < -0.3 is 25.6 Å². The molecule has 2 amide bonds. The molecular weight excluding hydrogens is 525 g/mol. The van der Waals surface area contributed by atoms with Gasteiger partial charge >= 0.3 is 12.2 Å². The Balaban J connectivity index is 1.73. The Morgan fingerprint density at radius 2 is 1.69 bits per heavy atom. The number of rotatable bonds is 6. The summed E-state index contributed by atoms with van der Waals surface area (Å²) in [6.07, 6.45) is -3.25. The van der Waals surface area contributed by atoms with E-state index in [0.717, 1.165) is 6.07 Å². The van der Waals surface area contributed by atoms with Gasteiger partial charge in [0.1, 0.15) is 17.5 Å². The number of fused-ring (bicyclic) bond motifs is 1. The van der Waals surface area contributed by atoms with Gasteiger partial charge in [0, 0.05) is 36.8 Å². The van der Waals surface area contributed by atoms with Crippen molar-refractivity contribution in [3.05, 3.63) is 81.8 Å². The van der Waals surface area contributed by atoms with Gasteiger partial charge in [-0.15, -0.1) is 0 Å². The second-order valence-corrected chi connectivity index (χ2v) is 8.54. The summed E-state index contributed by atoms with van der Waals surface area (Å²) in [6, 6.07) is 5.71. The molecule has 2 aromatic heterocycles. The van der Waals surface area contributed by atoms with E-state index in [-0.39, 0.29) is 24.3 Å². The van der Waals surface area contributed by atoms with Crippen molar-refractivity contribution in [1.29, 1.82) is 0 Å². The van der Waals surface area contributed by atoms with Crippen molar-refractivity contribution in [1.82, 2.24) is 9.55 Å². The summed E-state index contributed by atoms with van der Waals surface area (Å²) in [5, 5.41) is 17.1. The number of hydrogen-bond donors (Lipinski definition) is 4. The van der Waals surface area contributed by atoms with Gasteiger partial charge in [0.2, 0.25) is 0 Å². The molecule has 13 heteroatoms. The summed E-state index contributed by atoms with van der Waals surface area (Å²) in [7, 11) is 1.66. The van der Waals surface area contributed by atoms with Crippen LogP contribution in [0.5, 0.6) is 0 Å². The number of carbonyl (C=O) groups excluding carboxylic acids is 1. The third-order valence-electron chi connectivity index (χ3n) is 5.95. The molecule has 204 valence electrons. The normalized spacial score (nSPS) is 11.5. The monoisotopic (exact) mass is 547 g/mol. The van der Waals surface area contributed by atoms with Crippen molar-refractivity contribution >= 4 is 34.1 Å². The van der Waals surface area contributed by atoms with E-state index in [2.05, 4.69) is 15.6 Å². The lowest BCUT2D eigenvalue weighted by Gasteiger charge is -2.16. The number of aryl methyl sites for hydroxylation is 1. The number of nitrogens with one attached hydrogen (secondary N) is 3. The Hall–Kier alpha value is -4.52. The maximum atomic E-state index is 14.8. The number of hydrogen-bond acceptors (Lipinski definition) is 5. The lowest BCUT2D eigenvalue weighted by atomic mass is 9.99. The Morgan fingerprint density at radius 1 is 1.00 bits per heavy atom. The van der Waals surface area contributed by atoms with Gasteiger partial charge in [-0.25, -0.2) is 18.6 Å². The molecule has 0 saturated carbocycles. The lowest BCUT2D eigenvalue weighted by molar-refractivity contribution is -0.137. The van der Waals surface area contributed by atoms with Gasteiger partial charge in [0.05, 0.1) is 29.1 Å². The topological polar surface area (TPSA) is 108 Å². The number of aliphatic hydroxyl groups excluding tert-OH is 1. The van der Waals surface area contributed by atoms with Crippen LogP contribution in [0.4, 0.5) is 43.9 Å². The maximum absolute atomic E-state index is 14.8. The standard InChI is InChI=1S/C26H22F5N5O3/c1-13-7-19(28)21(35-25(39)34-20-9-15(26(29,30)31)3-4-18(20)27)10-16(13)17-8-14-12-33-23(32-2)11-22(14)36(5-6-37)24(17)38/h3-4,7-12,37H,5-6H2,1-2H3,(H,32,33)(H2,34,35,39). The van der Waals surface area contributed by atoms with E-state index in [1.54, 1.807) is 26.1 Å². The van der Waals surface area contributed by atoms with Crippen molar-refractivity contribution in [3.8, 4) is 11.1 Å². The third-order valence-corrected chi connectivity index (χ3v) is 5.95. The van der Waals surface area contributed by atoms with E-state index in [4.69, 9.17) is 0 Å². The number of urea groups is 1. The average Bonchev–Trinajstić information content (AvgIpc) is 2.87. The molecule has 0 radical (unpaired) electrons. The number of amides is 2. The zero-order valence-electron chi connectivity index (χ0n) is 20.6. The van der Waals surface area contributed by atoms with Crippen LogP contribution in [0.25, 0.3) is 22.0 Å². The van der Waals surface area contributed by atoms with Crippen LogP contribution in [0.3, 0.4) is 0 Å². The predicted molar refractivity (Wildman–Crippen MR) is 137 cm³/mol. The fourth-order valence-electron chi connectivity index (χ4n) is 4.06. The van der Waals surface area contributed by atoms with Crippen molar-refractivity contribution in [3.63, 3.8) is 0 Å². The van der Waals surface area contributed by atoms with Crippen molar-refractivity contribution in [2.45, 2.75) is 19.6 Å². The summed E-state index contributed by atoms with van der Waals surface area (Å²) < 4.78 is 69.1. The molecule has 8 nitrogen and oxygen atoms in total. The van der Waals surface area contributed by atoms with Crippen LogP contribution in [0.2, 0.25) is 0 Å². The molecule has 4 aromatic rings. The van der Waals surface area contributed by atoms with Gasteiger partial charge in [0.15, 0.2) is 0 Å². The zero-order valence-corrected chi connectivity index (χ0v) is 20.6. The zero-order chi connectivity index (χ0) is 28.5. The molecular formula is C26H22F5N5O3. The number of alkyl halides is 3. The van der Waals surface area contributed by atoms with E-state index in [9.17, 15) is 36.6 Å². The predicted octanol–water partition coefficient (Wildman–Crippen LogP) is 5.35. The first-order chi connectivity index (χ1) is 18.4. The molecule has 39 heavy (non-hydrogen) atoms. The van der Waals surface area contributed by atoms with Crippen LogP contribution >= 0.6 is 0 Å². The summed E-state index contributed by atoms with van der Waals surface area (Å²) in [5.74, 6) is -1.53. The van der Waals surface area contributed by atoms with E-state index >= 15 is 0 Å². The fraction of sp³-hybridized carbons (Fsp3) is 0.192. The Labute approximate surface area is 218 Å². The van der Waals surface area contributed by atoms with Crippen LogP contribution in [0.1, 0.15) is 11.1 Å². The van der Waals surface area contributed by atoms with Crippen LogP contribution in [-0.2, 0) is 12.7 Å². The Morgan fingerprint density at radius 3 is 2.33 bits per heavy atom. The first kappa shape index (κ1) is 27.5. The molecule has 0 spiro atoms. The van der Waals surface area contributed by atoms with Crippen molar-refractivity contribution in [2.24, 2.45) is 0 Å². The maximum Gasteiger partial charge on any atom is 0.416 e. The number of aromatic nitrogens is 2. The minimum absolute atomic E-state index is 0.0351. The highest BCUT2D eigenvalue weighted by molar-refractivity contribution is 6.00. The number of halogens is 5. The summed E-state index contributed by atoms with van der Waals surface area (Å²) in [5.41, 5.74) is -1.64. The summed E-state index contributed by atoms with van der Waals surface area (Å²) in [4.78, 5) is 30.1. The first-order valence-corrected chi connectivity index (χ1v) is 11.5. The number of carbonyl (C=O) groups is 1. The highest BCUT2D eigenvalue weighted by atomic mass is 19.4. The second-order valence-electron chi connectivity index (χ2n) is 8.54. The minimum atomic E-state index is -4.77. The fourth-order valence-corrected chi connectivity index (χ4v) is 4.06. The lowest BCUT2D eigenvalue weighted by Crippen LogP contribution is -2.24. The van der Waals surface area contributed by atoms with Gasteiger partial charge in [0.25, 0.3) is 5.56 Å². The third kappa shape index (κ3) is 5.67. The minimum Gasteiger partial charge on any atom is -0.395 e. The molecule has 2 aromatic carbocycles. The first-order valence-electron chi connectivity index (χ1n) is 11.5. The van der Waals surface area contributed by atoms with Crippen LogP contribution in [0.15, 0.2) is 53.5 Å². The van der Waals surface area contributed by atoms with Gasteiger partial charge in [-0.05, 0) is 54.4 Å². The van der Waals surface area contributed by atoms with Crippen LogP contribution < -0.4 is 21.5 Å². The number of nitrogens with zero attached hydrogens (tertiary/aromatic N) is 2. The number of aliphatic hydroxyl groups is 1. The number of anilines is 3. The smallest absolute Gasteiger partial charge is 0.395 e. The van der Waals surface area contributed by atoms with Gasteiger partial charge in [-0.2, -0.15) is 13.2 Å². The molecule has 2 heterocycles. The second kappa shape index (κ2) is 10.7. The molecule has 0 atom stereocenters. The molecule has 0 bridgehead atoms. The largest absolute Gasteiger partial charge is 0.416 e. The molecule has 0 aliphatic rings. The summed E-state index contributed by atoms with van der Waals surface area (Å²) in [6.45, 7) is 1.17. The van der Waals surface area contributed by atoms with Crippen LogP contribution in [-0.4, -0.2) is 34.3 Å².